The predicted molar refractivity (Wildman–Crippen MR) is 79.3 cm³/mol. The van der Waals surface area contributed by atoms with E-state index >= 15 is 0 Å². The van der Waals surface area contributed by atoms with Crippen molar-refractivity contribution in [1.29, 1.82) is 0 Å². The lowest BCUT2D eigenvalue weighted by Gasteiger charge is -2.41. The van der Waals surface area contributed by atoms with Gasteiger partial charge in [-0.3, -0.25) is 0 Å². The Morgan fingerprint density at radius 2 is 1.56 bits per heavy atom. The molecule has 0 spiro atoms. The molecule has 1 nitrogen and oxygen atoms in total. The van der Waals surface area contributed by atoms with E-state index in [2.05, 4.69) is 13.8 Å². The predicted octanol–water partition coefficient (Wildman–Crippen LogP) is 4.83. The summed E-state index contributed by atoms with van der Waals surface area (Å²) < 4.78 is 0. The molecule has 0 amide bonds. The number of nitrogens with two attached hydrogens (primary N) is 1. The number of rotatable bonds is 2. The largest absolute Gasteiger partial charge is 0.325 e. The van der Waals surface area contributed by atoms with E-state index in [1.807, 2.05) is 18.2 Å². The van der Waals surface area contributed by atoms with Gasteiger partial charge >= 0.3 is 0 Å². The van der Waals surface area contributed by atoms with Crippen molar-refractivity contribution in [2.75, 3.05) is 0 Å². The van der Waals surface area contributed by atoms with Gasteiger partial charge in [-0.15, -0.1) is 0 Å². The molecule has 2 rings (SSSR count). The highest BCUT2D eigenvalue weighted by atomic mass is 35.5. The van der Waals surface area contributed by atoms with E-state index in [1.165, 1.54) is 12.8 Å². The maximum Gasteiger partial charge on any atom is 0.0453 e. The zero-order chi connectivity index (χ0) is 13.4. The molecular formula is C15H21Cl2N. The summed E-state index contributed by atoms with van der Waals surface area (Å²) in [6, 6.07) is 5.65. The molecule has 0 bridgehead atoms. The van der Waals surface area contributed by atoms with E-state index in [-0.39, 0.29) is 5.54 Å². The standard InChI is InChI=1S/C15H21Cl2N/c1-14(2)6-8-15(18,9-7-14)10-11-12(16)4-3-5-13(11)17/h3-5H,6-10,18H2,1-2H3. The Kier molecular flexibility index (Phi) is 3.96. The summed E-state index contributed by atoms with van der Waals surface area (Å²) in [4.78, 5) is 0. The summed E-state index contributed by atoms with van der Waals surface area (Å²) in [7, 11) is 0. The number of benzene rings is 1. The van der Waals surface area contributed by atoms with Crippen LogP contribution in [0.5, 0.6) is 0 Å². The molecule has 0 aromatic heterocycles. The third-order valence-corrected chi connectivity index (χ3v) is 4.90. The smallest absolute Gasteiger partial charge is 0.0453 e. The highest BCUT2D eigenvalue weighted by Crippen LogP contribution is 2.41. The summed E-state index contributed by atoms with van der Waals surface area (Å²) in [5.74, 6) is 0. The maximum absolute atomic E-state index is 6.53. The van der Waals surface area contributed by atoms with Crippen molar-refractivity contribution < 1.29 is 0 Å². The van der Waals surface area contributed by atoms with Crippen molar-refractivity contribution in [2.45, 2.75) is 51.5 Å². The van der Waals surface area contributed by atoms with E-state index in [0.717, 1.165) is 34.9 Å². The molecule has 0 atom stereocenters. The first-order chi connectivity index (χ1) is 8.31. The van der Waals surface area contributed by atoms with Gasteiger partial charge in [-0.1, -0.05) is 43.1 Å². The molecule has 18 heavy (non-hydrogen) atoms. The molecular weight excluding hydrogens is 265 g/mol. The lowest BCUT2D eigenvalue weighted by Crippen LogP contribution is -2.47. The molecule has 100 valence electrons. The first-order valence-electron chi connectivity index (χ1n) is 6.53. The van der Waals surface area contributed by atoms with Gasteiger partial charge in [0.05, 0.1) is 0 Å². The molecule has 0 heterocycles. The van der Waals surface area contributed by atoms with Gasteiger partial charge in [0.1, 0.15) is 0 Å². The number of hydrogen-bond acceptors (Lipinski definition) is 1. The monoisotopic (exact) mass is 285 g/mol. The normalized spacial score (nSPS) is 21.8. The molecule has 0 unspecified atom stereocenters. The van der Waals surface area contributed by atoms with Crippen LogP contribution in [0.2, 0.25) is 10.0 Å². The fraction of sp³-hybridized carbons (Fsp3) is 0.600. The second-order valence-electron chi connectivity index (χ2n) is 6.40. The van der Waals surface area contributed by atoms with Crippen molar-refractivity contribution in [3.8, 4) is 0 Å². The third-order valence-electron chi connectivity index (χ3n) is 4.19. The Hall–Kier alpha value is -0.240. The average molecular weight is 286 g/mol. The number of hydrogen-bond donors (Lipinski definition) is 1. The number of halogens is 2. The van der Waals surface area contributed by atoms with Crippen molar-refractivity contribution in [2.24, 2.45) is 11.1 Å². The molecule has 1 fully saturated rings. The van der Waals surface area contributed by atoms with Crippen molar-refractivity contribution in [3.63, 3.8) is 0 Å². The Labute approximate surface area is 120 Å². The lowest BCUT2D eigenvalue weighted by atomic mass is 9.68. The second kappa shape index (κ2) is 5.03. The van der Waals surface area contributed by atoms with Crippen molar-refractivity contribution in [3.05, 3.63) is 33.8 Å². The minimum absolute atomic E-state index is 0.149. The molecule has 1 aliphatic rings. The quantitative estimate of drug-likeness (QED) is 0.827. The van der Waals surface area contributed by atoms with Crippen LogP contribution in [0.1, 0.15) is 45.1 Å². The molecule has 0 saturated heterocycles. The van der Waals surface area contributed by atoms with E-state index in [4.69, 9.17) is 28.9 Å². The Morgan fingerprint density at radius 3 is 2.06 bits per heavy atom. The molecule has 1 saturated carbocycles. The van der Waals surface area contributed by atoms with Gasteiger partial charge in [0.15, 0.2) is 0 Å². The minimum Gasteiger partial charge on any atom is -0.325 e. The van der Waals surface area contributed by atoms with Crippen molar-refractivity contribution in [1.82, 2.24) is 0 Å². The average Bonchev–Trinajstić information content (AvgIpc) is 2.29. The van der Waals surface area contributed by atoms with Crippen LogP contribution in [-0.2, 0) is 6.42 Å². The summed E-state index contributed by atoms with van der Waals surface area (Å²) >= 11 is 12.5. The fourth-order valence-electron chi connectivity index (χ4n) is 2.65. The van der Waals surface area contributed by atoms with Crippen LogP contribution in [0, 0.1) is 5.41 Å². The van der Waals surface area contributed by atoms with Gasteiger partial charge in [0, 0.05) is 15.6 Å². The highest BCUT2D eigenvalue weighted by Gasteiger charge is 2.36. The Morgan fingerprint density at radius 1 is 1.06 bits per heavy atom. The molecule has 3 heteroatoms. The zero-order valence-electron chi connectivity index (χ0n) is 11.1. The van der Waals surface area contributed by atoms with Crippen LogP contribution in [0.4, 0.5) is 0 Å². The molecule has 2 N–H and O–H groups in total. The maximum atomic E-state index is 6.53. The van der Waals surface area contributed by atoms with Crippen LogP contribution in [0.15, 0.2) is 18.2 Å². The SMILES string of the molecule is CC1(C)CCC(N)(Cc2c(Cl)cccc2Cl)CC1. The summed E-state index contributed by atoms with van der Waals surface area (Å²) in [5, 5.41) is 1.47. The van der Waals surface area contributed by atoms with E-state index < -0.39 is 0 Å². The third kappa shape index (κ3) is 3.20. The second-order valence-corrected chi connectivity index (χ2v) is 7.22. The van der Waals surface area contributed by atoms with Crippen LogP contribution in [0.3, 0.4) is 0 Å². The van der Waals surface area contributed by atoms with Crippen LogP contribution in [0.25, 0.3) is 0 Å². The van der Waals surface area contributed by atoms with E-state index in [0.29, 0.717) is 5.41 Å². The van der Waals surface area contributed by atoms with Crippen LogP contribution >= 0.6 is 23.2 Å². The van der Waals surface area contributed by atoms with Gasteiger partial charge in [0.25, 0.3) is 0 Å². The Bertz CT molecular complexity index is 410. The van der Waals surface area contributed by atoms with Gasteiger partial charge in [0.2, 0.25) is 0 Å². The topological polar surface area (TPSA) is 26.0 Å². The molecule has 0 radical (unpaired) electrons. The first kappa shape index (κ1) is 14.2. The fourth-order valence-corrected chi connectivity index (χ4v) is 3.19. The van der Waals surface area contributed by atoms with E-state index in [1.54, 1.807) is 0 Å². The molecule has 1 aromatic carbocycles. The van der Waals surface area contributed by atoms with Crippen LogP contribution < -0.4 is 5.73 Å². The van der Waals surface area contributed by atoms with Gasteiger partial charge < -0.3 is 5.73 Å². The minimum atomic E-state index is -0.149. The summed E-state index contributed by atoms with van der Waals surface area (Å²) in [5.41, 5.74) is 7.81. The summed E-state index contributed by atoms with van der Waals surface area (Å²) in [6.07, 6.45) is 5.21. The zero-order valence-corrected chi connectivity index (χ0v) is 12.6. The first-order valence-corrected chi connectivity index (χ1v) is 7.29. The van der Waals surface area contributed by atoms with Crippen LogP contribution in [-0.4, -0.2) is 5.54 Å². The molecule has 1 aliphatic carbocycles. The highest BCUT2D eigenvalue weighted by molar-refractivity contribution is 6.36. The van der Waals surface area contributed by atoms with Gasteiger partial charge in [-0.2, -0.15) is 0 Å². The van der Waals surface area contributed by atoms with E-state index in [9.17, 15) is 0 Å². The lowest BCUT2D eigenvalue weighted by molar-refractivity contribution is 0.164. The summed E-state index contributed by atoms with van der Waals surface area (Å²) in [6.45, 7) is 4.63. The molecule has 0 aliphatic heterocycles. The molecule has 1 aromatic rings. The van der Waals surface area contributed by atoms with Gasteiger partial charge in [-0.25, -0.2) is 0 Å². The Balaban J connectivity index is 2.14. The van der Waals surface area contributed by atoms with Crippen molar-refractivity contribution >= 4 is 23.2 Å². The van der Waals surface area contributed by atoms with Gasteiger partial charge in [-0.05, 0) is 55.2 Å².